The quantitative estimate of drug-likeness (QED) is 0.547. The smallest absolute Gasteiger partial charge is 0.0299 e. The molecule has 0 spiro atoms. The fourth-order valence-electron chi connectivity index (χ4n) is 1.94. The van der Waals surface area contributed by atoms with Crippen LogP contribution in [-0.2, 0) is 0 Å². The molecule has 0 atom stereocenters. The first kappa shape index (κ1) is 11.7. The van der Waals surface area contributed by atoms with E-state index in [9.17, 15) is 0 Å². The molecule has 0 heteroatoms. The fraction of sp³-hybridized carbons (Fsp3) is 0.833. The van der Waals surface area contributed by atoms with E-state index in [1.54, 1.807) is 0 Å². The zero-order chi connectivity index (χ0) is 9.83. The van der Waals surface area contributed by atoms with Crippen LogP contribution in [0.4, 0.5) is 0 Å². The summed E-state index contributed by atoms with van der Waals surface area (Å²) in [4.78, 5) is 0. The summed E-state index contributed by atoms with van der Waals surface area (Å²) in [6.07, 6.45) is 6.89. The Kier molecular flexibility index (Phi) is 4.02. The highest BCUT2D eigenvalue weighted by atomic mass is 14.3. The average Bonchev–Trinajstić information content (AvgIpc) is 1.78. The fourth-order valence-corrected chi connectivity index (χ4v) is 1.94. The predicted molar refractivity (Wildman–Crippen MR) is 57.3 cm³/mol. The van der Waals surface area contributed by atoms with Gasteiger partial charge in [0.15, 0.2) is 0 Å². The molecule has 0 N–H and O–H groups in total. The Morgan fingerprint density at radius 2 is 1.50 bits per heavy atom. The number of hydrogen-bond acceptors (Lipinski definition) is 0. The molecule has 0 heterocycles. The van der Waals surface area contributed by atoms with E-state index in [0.717, 1.165) is 0 Å². The zero-order valence-corrected chi connectivity index (χ0v) is 9.57. The predicted octanol–water partition coefficient (Wildman–Crippen LogP) is 4.42. The summed E-state index contributed by atoms with van der Waals surface area (Å²) in [5, 5.41) is 0. The Bertz CT molecular complexity index is 144. The SMILES string of the molecule is CC=CCC(C)(C)CC(C)(C)C. The minimum atomic E-state index is 0.449. The first-order chi connectivity index (χ1) is 5.27. The van der Waals surface area contributed by atoms with Crippen molar-refractivity contribution in [3.63, 3.8) is 0 Å². The number of allylic oxidation sites excluding steroid dienone is 2. The summed E-state index contributed by atoms with van der Waals surface area (Å²) in [6, 6.07) is 0. The van der Waals surface area contributed by atoms with Crippen molar-refractivity contribution in [2.24, 2.45) is 10.8 Å². The summed E-state index contributed by atoms with van der Waals surface area (Å²) >= 11 is 0. The van der Waals surface area contributed by atoms with Crippen LogP contribution in [0.5, 0.6) is 0 Å². The Labute approximate surface area is 78.1 Å². The first-order valence-electron chi connectivity index (χ1n) is 4.88. The minimum Gasteiger partial charge on any atom is -0.0916 e. The van der Waals surface area contributed by atoms with Crippen LogP contribution in [0.2, 0.25) is 0 Å². The van der Waals surface area contributed by atoms with Crippen molar-refractivity contribution in [2.45, 2.75) is 54.4 Å². The monoisotopic (exact) mass is 168 g/mol. The molecule has 0 aromatic carbocycles. The van der Waals surface area contributed by atoms with Crippen LogP contribution in [-0.4, -0.2) is 0 Å². The van der Waals surface area contributed by atoms with Gasteiger partial charge in [0.25, 0.3) is 0 Å². The second-order valence-corrected chi connectivity index (χ2v) is 5.67. The molecule has 0 radical (unpaired) electrons. The highest BCUT2D eigenvalue weighted by Gasteiger charge is 2.23. The number of rotatable bonds is 3. The molecule has 0 aliphatic carbocycles. The van der Waals surface area contributed by atoms with Gasteiger partial charge >= 0.3 is 0 Å². The molecule has 0 aliphatic rings. The molecule has 0 aromatic heterocycles. The molecule has 0 fully saturated rings. The van der Waals surface area contributed by atoms with Gasteiger partial charge in [-0.05, 0) is 30.6 Å². The molecule has 0 unspecified atom stereocenters. The largest absolute Gasteiger partial charge is 0.0916 e. The van der Waals surface area contributed by atoms with E-state index < -0.39 is 0 Å². The normalized spacial score (nSPS) is 14.2. The van der Waals surface area contributed by atoms with Crippen molar-refractivity contribution in [1.82, 2.24) is 0 Å². The summed E-state index contributed by atoms with van der Waals surface area (Å²) in [7, 11) is 0. The van der Waals surface area contributed by atoms with Crippen molar-refractivity contribution in [3.8, 4) is 0 Å². The van der Waals surface area contributed by atoms with Crippen LogP contribution in [0.25, 0.3) is 0 Å². The maximum absolute atomic E-state index is 2.35. The molecule has 0 saturated heterocycles. The van der Waals surface area contributed by atoms with Crippen LogP contribution in [0, 0.1) is 10.8 Å². The molecule has 0 aromatic rings. The molecule has 0 aliphatic heterocycles. The topological polar surface area (TPSA) is 0 Å². The molecule has 72 valence electrons. The van der Waals surface area contributed by atoms with E-state index >= 15 is 0 Å². The van der Waals surface area contributed by atoms with Crippen molar-refractivity contribution >= 4 is 0 Å². The lowest BCUT2D eigenvalue weighted by Crippen LogP contribution is -2.19. The van der Waals surface area contributed by atoms with Gasteiger partial charge in [0.05, 0.1) is 0 Å². The third-order valence-electron chi connectivity index (χ3n) is 1.92. The van der Waals surface area contributed by atoms with E-state index in [1.807, 2.05) is 0 Å². The van der Waals surface area contributed by atoms with Crippen LogP contribution < -0.4 is 0 Å². The lowest BCUT2D eigenvalue weighted by atomic mass is 9.74. The standard InChI is InChI=1S/C12H24/c1-7-8-9-12(5,6)10-11(2,3)4/h7-8H,9-10H2,1-6H3. The van der Waals surface area contributed by atoms with Crippen molar-refractivity contribution < 1.29 is 0 Å². The van der Waals surface area contributed by atoms with E-state index in [0.29, 0.717) is 10.8 Å². The van der Waals surface area contributed by atoms with E-state index in [1.165, 1.54) is 12.8 Å². The van der Waals surface area contributed by atoms with Gasteiger partial charge in [-0.2, -0.15) is 0 Å². The van der Waals surface area contributed by atoms with Crippen LogP contribution in [0.15, 0.2) is 12.2 Å². The zero-order valence-electron chi connectivity index (χ0n) is 9.57. The summed E-state index contributed by atoms with van der Waals surface area (Å²) in [5.74, 6) is 0. The first-order valence-corrected chi connectivity index (χ1v) is 4.88. The lowest BCUT2D eigenvalue weighted by molar-refractivity contribution is 0.215. The summed E-state index contributed by atoms with van der Waals surface area (Å²) in [5.41, 5.74) is 0.899. The summed E-state index contributed by atoms with van der Waals surface area (Å²) in [6.45, 7) is 13.7. The maximum Gasteiger partial charge on any atom is -0.0299 e. The van der Waals surface area contributed by atoms with Gasteiger partial charge in [0.1, 0.15) is 0 Å². The Morgan fingerprint density at radius 3 is 1.83 bits per heavy atom. The van der Waals surface area contributed by atoms with Crippen LogP contribution in [0.3, 0.4) is 0 Å². The third-order valence-corrected chi connectivity index (χ3v) is 1.92. The minimum absolute atomic E-state index is 0.449. The van der Waals surface area contributed by atoms with E-state index in [-0.39, 0.29) is 0 Å². The lowest BCUT2D eigenvalue weighted by Gasteiger charge is -2.31. The van der Waals surface area contributed by atoms with Gasteiger partial charge in [0.2, 0.25) is 0 Å². The van der Waals surface area contributed by atoms with Gasteiger partial charge in [-0.15, -0.1) is 0 Å². The highest BCUT2D eigenvalue weighted by molar-refractivity contribution is 4.86. The van der Waals surface area contributed by atoms with Gasteiger partial charge < -0.3 is 0 Å². The molecular weight excluding hydrogens is 144 g/mol. The Morgan fingerprint density at radius 1 is 1.00 bits per heavy atom. The molecule has 0 amide bonds. The van der Waals surface area contributed by atoms with Crippen molar-refractivity contribution in [2.75, 3.05) is 0 Å². The Hall–Kier alpha value is -0.260. The van der Waals surface area contributed by atoms with E-state index in [4.69, 9.17) is 0 Å². The Balaban J connectivity index is 4.04. The van der Waals surface area contributed by atoms with Gasteiger partial charge in [-0.25, -0.2) is 0 Å². The van der Waals surface area contributed by atoms with E-state index in [2.05, 4.69) is 53.7 Å². The maximum atomic E-state index is 2.35. The third kappa shape index (κ3) is 6.45. The van der Waals surface area contributed by atoms with Crippen LogP contribution in [0.1, 0.15) is 54.4 Å². The second-order valence-electron chi connectivity index (χ2n) is 5.67. The average molecular weight is 168 g/mol. The highest BCUT2D eigenvalue weighted by Crippen LogP contribution is 2.35. The van der Waals surface area contributed by atoms with Crippen molar-refractivity contribution in [1.29, 1.82) is 0 Å². The molecule has 0 bridgehead atoms. The van der Waals surface area contributed by atoms with Gasteiger partial charge in [-0.1, -0.05) is 46.8 Å². The van der Waals surface area contributed by atoms with Gasteiger partial charge in [0, 0.05) is 0 Å². The van der Waals surface area contributed by atoms with Crippen LogP contribution >= 0.6 is 0 Å². The molecule has 0 rings (SSSR count). The summed E-state index contributed by atoms with van der Waals surface area (Å²) < 4.78 is 0. The molecular formula is C12H24. The molecule has 12 heavy (non-hydrogen) atoms. The molecule has 0 saturated carbocycles. The van der Waals surface area contributed by atoms with Crippen molar-refractivity contribution in [3.05, 3.63) is 12.2 Å². The second kappa shape index (κ2) is 4.11. The van der Waals surface area contributed by atoms with Gasteiger partial charge in [-0.3, -0.25) is 0 Å². The number of hydrogen-bond donors (Lipinski definition) is 0. The molecule has 0 nitrogen and oxygen atoms in total.